The molecule has 1 aromatic rings. The topological polar surface area (TPSA) is 47.6 Å². The van der Waals surface area contributed by atoms with Crippen LogP contribution in [0, 0.1) is 5.92 Å². The van der Waals surface area contributed by atoms with Gasteiger partial charge >= 0.3 is 0 Å². The Morgan fingerprint density at radius 3 is 2.36 bits per heavy atom. The molecule has 0 unspecified atom stereocenters. The summed E-state index contributed by atoms with van der Waals surface area (Å²) in [7, 11) is 0. The lowest BCUT2D eigenvalue weighted by atomic mass is 9.93. The Kier molecular flexibility index (Phi) is 7.39. The van der Waals surface area contributed by atoms with Crippen LogP contribution in [0.3, 0.4) is 0 Å². The second-order valence-corrected chi connectivity index (χ2v) is 6.09. The molecule has 0 aliphatic rings. The van der Waals surface area contributed by atoms with Gasteiger partial charge in [0.15, 0.2) is 0 Å². The monoisotopic (exact) mass is 307 g/mol. The van der Waals surface area contributed by atoms with Gasteiger partial charge in [-0.2, -0.15) is 0 Å². The van der Waals surface area contributed by atoms with Crippen molar-refractivity contribution in [1.82, 2.24) is 0 Å². The van der Waals surface area contributed by atoms with E-state index >= 15 is 0 Å². The van der Waals surface area contributed by atoms with Gasteiger partial charge in [0.05, 0.1) is 6.61 Å². The summed E-state index contributed by atoms with van der Waals surface area (Å²) in [6.07, 6.45) is 1.58. The van der Waals surface area contributed by atoms with Crippen molar-refractivity contribution >= 4 is 11.6 Å². The molecule has 1 aromatic carbocycles. The van der Waals surface area contributed by atoms with Gasteiger partial charge in [-0.15, -0.1) is 0 Å². The average molecular weight is 307 g/mol. The van der Waals surface area contributed by atoms with Gasteiger partial charge in [0.1, 0.15) is 11.4 Å². The maximum Gasteiger partial charge on any atom is 0.256 e. The summed E-state index contributed by atoms with van der Waals surface area (Å²) < 4.78 is 11.3. The van der Waals surface area contributed by atoms with Gasteiger partial charge in [0, 0.05) is 12.3 Å². The minimum atomic E-state index is -0.803. The predicted octanol–water partition coefficient (Wildman–Crippen LogP) is 4.26. The molecule has 22 heavy (non-hydrogen) atoms. The molecule has 124 valence electrons. The fourth-order valence-corrected chi connectivity index (χ4v) is 2.39. The van der Waals surface area contributed by atoms with Gasteiger partial charge in [-0.1, -0.05) is 20.8 Å². The van der Waals surface area contributed by atoms with Gasteiger partial charge < -0.3 is 14.8 Å². The molecule has 0 spiro atoms. The third-order valence-corrected chi connectivity index (χ3v) is 3.33. The van der Waals surface area contributed by atoms with Crippen LogP contribution < -0.4 is 10.1 Å². The Morgan fingerprint density at radius 2 is 1.86 bits per heavy atom. The predicted molar refractivity (Wildman–Crippen MR) is 90.3 cm³/mol. The van der Waals surface area contributed by atoms with Crippen molar-refractivity contribution < 1.29 is 14.3 Å². The van der Waals surface area contributed by atoms with Crippen LogP contribution in [0.1, 0.15) is 47.5 Å². The van der Waals surface area contributed by atoms with E-state index in [2.05, 4.69) is 19.2 Å². The van der Waals surface area contributed by atoms with Gasteiger partial charge in [-0.25, -0.2) is 0 Å². The van der Waals surface area contributed by atoms with Crippen molar-refractivity contribution in [2.24, 2.45) is 5.92 Å². The summed E-state index contributed by atoms with van der Waals surface area (Å²) >= 11 is 0. The Balaban J connectivity index is 2.76. The van der Waals surface area contributed by atoms with Crippen molar-refractivity contribution in [3.8, 4) is 5.75 Å². The zero-order valence-electron chi connectivity index (χ0n) is 14.4. The van der Waals surface area contributed by atoms with Crippen molar-refractivity contribution in [3.05, 3.63) is 24.3 Å². The Bertz CT molecular complexity index is 456. The summed E-state index contributed by atoms with van der Waals surface area (Å²) in [5, 5.41) is 2.95. The number of benzene rings is 1. The lowest BCUT2D eigenvalue weighted by Crippen LogP contribution is -2.44. The summed E-state index contributed by atoms with van der Waals surface area (Å²) in [5.41, 5.74) is -0.0495. The van der Waals surface area contributed by atoms with E-state index in [1.54, 1.807) is 0 Å². The van der Waals surface area contributed by atoms with E-state index in [0.29, 0.717) is 25.6 Å². The number of carbonyl (C=O) groups excluding carboxylic acids is 1. The summed E-state index contributed by atoms with van der Waals surface area (Å²) in [6, 6.07) is 7.40. The van der Waals surface area contributed by atoms with Crippen LogP contribution >= 0.6 is 0 Å². The molecular formula is C18H29NO3. The molecule has 4 nitrogen and oxygen atoms in total. The molecule has 0 heterocycles. The first kappa shape index (κ1) is 18.5. The molecule has 0 aliphatic carbocycles. The first-order valence-electron chi connectivity index (χ1n) is 8.09. The van der Waals surface area contributed by atoms with Crippen LogP contribution in [0.5, 0.6) is 5.75 Å². The molecular weight excluding hydrogens is 278 g/mol. The Labute approximate surface area is 134 Å². The molecule has 1 atom stereocenters. The van der Waals surface area contributed by atoms with Crippen LogP contribution in [0.25, 0.3) is 0 Å². The molecule has 1 rings (SSSR count). The fourth-order valence-electron chi connectivity index (χ4n) is 2.39. The standard InChI is InChI=1S/C18H29NO3/c1-6-12-22-18(5,13-14(3)4)17(20)19-15-8-10-16(11-9-15)21-7-2/h8-11,14H,6-7,12-13H2,1-5H3,(H,19,20)/t18-/m1/s1. The van der Waals surface area contributed by atoms with Gasteiger partial charge in [0.2, 0.25) is 0 Å². The highest BCUT2D eigenvalue weighted by atomic mass is 16.5. The molecule has 1 amide bonds. The molecule has 0 saturated heterocycles. The number of anilines is 1. The van der Waals surface area contributed by atoms with Crippen molar-refractivity contribution in [2.45, 2.75) is 53.1 Å². The highest BCUT2D eigenvalue weighted by Crippen LogP contribution is 2.24. The zero-order chi connectivity index (χ0) is 16.6. The van der Waals surface area contributed by atoms with E-state index in [9.17, 15) is 4.79 Å². The fraction of sp³-hybridized carbons (Fsp3) is 0.611. The van der Waals surface area contributed by atoms with Crippen LogP contribution in [-0.2, 0) is 9.53 Å². The van der Waals surface area contributed by atoms with E-state index in [1.165, 1.54) is 0 Å². The number of hydrogen-bond donors (Lipinski definition) is 1. The number of nitrogens with one attached hydrogen (secondary N) is 1. The first-order valence-corrected chi connectivity index (χ1v) is 8.09. The molecule has 0 fully saturated rings. The first-order chi connectivity index (χ1) is 10.4. The third kappa shape index (κ3) is 5.68. The minimum absolute atomic E-state index is 0.0983. The van der Waals surface area contributed by atoms with Crippen LogP contribution in [0.4, 0.5) is 5.69 Å². The summed E-state index contributed by atoms with van der Waals surface area (Å²) in [5.74, 6) is 1.08. The molecule has 0 bridgehead atoms. The van der Waals surface area contributed by atoms with Crippen molar-refractivity contribution in [1.29, 1.82) is 0 Å². The molecule has 0 radical (unpaired) electrons. The highest BCUT2D eigenvalue weighted by molar-refractivity contribution is 5.97. The maximum absolute atomic E-state index is 12.6. The van der Waals surface area contributed by atoms with Gasteiger partial charge in [-0.05, 0) is 56.9 Å². The second-order valence-electron chi connectivity index (χ2n) is 6.09. The van der Waals surface area contributed by atoms with E-state index in [0.717, 1.165) is 17.9 Å². The molecule has 4 heteroatoms. The lowest BCUT2D eigenvalue weighted by Gasteiger charge is -2.30. The SMILES string of the molecule is CCCO[C@](C)(CC(C)C)C(=O)Nc1ccc(OCC)cc1. The second kappa shape index (κ2) is 8.79. The average Bonchev–Trinajstić information content (AvgIpc) is 2.46. The van der Waals surface area contributed by atoms with E-state index < -0.39 is 5.60 Å². The number of ether oxygens (including phenoxy) is 2. The van der Waals surface area contributed by atoms with Crippen LogP contribution in [-0.4, -0.2) is 24.7 Å². The normalized spacial score (nSPS) is 13.7. The molecule has 1 N–H and O–H groups in total. The molecule has 0 saturated carbocycles. The largest absolute Gasteiger partial charge is 0.494 e. The van der Waals surface area contributed by atoms with E-state index in [1.807, 2.05) is 45.0 Å². The Morgan fingerprint density at radius 1 is 1.23 bits per heavy atom. The lowest BCUT2D eigenvalue weighted by molar-refractivity contribution is -0.141. The van der Waals surface area contributed by atoms with Crippen molar-refractivity contribution in [2.75, 3.05) is 18.5 Å². The van der Waals surface area contributed by atoms with E-state index in [-0.39, 0.29) is 5.91 Å². The quantitative estimate of drug-likeness (QED) is 0.741. The van der Waals surface area contributed by atoms with Crippen molar-refractivity contribution in [3.63, 3.8) is 0 Å². The zero-order valence-corrected chi connectivity index (χ0v) is 14.4. The third-order valence-electron chi connectivity index (χ3n) is 3.33. The minimum Gasteiger partial charge on any atom is -0.494 e. The number of carbonyl (C=O) groups is 1. The van der Waals surface area contributed by atoms with Crippen LogP contribution in [0.2, 0.25) is 0 Å². The Hall–Kier alpha value is -1.55. The highest BCUT2D eigenvalue weighted by Gasteiger charge is 2.34. The summed E-state index contributed by atoms with van der Waals surface area (Å²) in [6.45, 7) is 11.3. The molecule has 0 aliphatic heterocycles. The smallest absolute Gasteiger partial charge is 0.256 e. The van der Waals surface area contributed by atoms with Crippen LogP contribution in [0.15, 0.2) is 24.3 Å². The maximum atomic E-state index is 12.6. The number of rotatable bonds is 9. The van der Waals surface area contributed by atoms with Gasteiger partial charge in [0.25, 0.3) is 5.91 Å². The number of amides is 1. The number of hydrogen-bond acceptors (Lipinski definition) is 3. The van der Waals surface area contributed by atoms with E-state index in [4.69, 9.17) is 9.47 Å². The molecule has 0 aromatic heterocycles. The van der Waals surface area contributed by atoms with Gasteiger partial charge in [-0.3, -0.25) is 4.79 Å². The summed E-state index contributed by atoms with van der Waals surface area (Å²) in [4.78, 5) is 12.6.